The van der Waals surface area contributed by atoms with Crippen LogP contribution in [-0.4, -0.2) is 31.0 Å². The molecule has 1 heterocycles. The Bertz CT molecular complexity index is 1570. The van der Waals surface area contributed by atoms with Crippen LogP contribution < -0.4 is 19.1 Å². The highest BCUT2D eigenvalue weighted by Gasteiger charge is 2.22. The average Bonchev–Trinajstić information content (AvgIpc) is 3.34. The summed E-state index contributed by atoms with van der Waals surface area (Å²) in [5.74, 6) is 0.414. The van der Waals surface area contributed by atoms with E-state index in [0.717, 1.165) is 0 Å². The molecule has 0 aliphatic carbocycles. The molecule has 0 aliphatic heterocycles. The summed E-state index contributed by atoms with van der Waals surface area (Å²) in [5.41, 5.74) is 2.61. The number of halogens is 2. The van der Waals surface area contributed by atoms with Crippen molar-refractivity contribution in [2.45, 2.75) is 24.8 Å². The molecule has 198 valence electrons. The molecule has 4 aromatic rings. The molecule has 2 N–H and O–H groups in total. The molecular weight excluding hydrogens is 551 g/mol. The molecule has 1 amide bonds. The van der Waals surface area contributed by atoms with E-state index in [1.54, 1.807) is 72.3 Å². The van der Waals surface area contributed by atoms with E-state index in [0.29, 0.717) is 44.7 Å². The Morgan fingerprint density at radius 3 is 2.55 bits per heavy atom. The van der Waals surface area contributed by atoms with Gasteiger partial charge >= 0.3 is 0 Å². The van der Waals surface area contributed by atoms with Crippen LogP contribution in [0.5, 0.6) is 11.5 Å². The van der Waals surface area contributed by atoms with Crippen LogP contribution >= 0.6 is 23.5 Å². The van der Waals surface area contributed by atoms with Crippen LogP contribution in [0.1, 0.15) is 16.8 Å². The maximum absolute atomic E-state index is 13.5. The van der Waals surface area contributed by atoms with E-state index in [1.165, 1.54) is 19.5 Å². The number of carbonyl (C=O) groups is 1. The minimum Gasteiger partial charge on any atom is -0.496 e. The molecule has 0 unspecified atom stereocenters. The van der Waals surface area contributed by atoms with Crippen molar-refractivity contribution in [2.24, 2.45) is 0 Å². The fourth-order valence-electron chi connectivity index (χ4n) is 3.76. The second kappa shape index (κ2) is 11.9. The van der Waals surface area contributed by atoms with Gasteiger partial charge in [-0.3, -0.25) is 4.79 Å². The highest BCUT2D eigenvalue weighted by Crippen LogP contribution is 2.28. The van der Waals surface area contributed by atoms with Gasteiger partial charge in [0.1, 0.15) is 28.3 Å². The Morgan fingerprint density at radius 1 is 1.08 bits per heavy atom. The number of amides is 1. The molecule has 3 aromatic carbocycles. The van der Waals surface area contributed by atoms with Crippen molar-refractivity contribution >= 4 is 45.1 Å². The van der Waals surface area contributed by atoms with Crippen molar-refractivity contribution in [1.82, 2.24) is 14.3 Å². The molecule has 0 bridgehead atoms. The maximum atomic E-state index is 13.5. The Morgan fingerprint density at radius 2 is 1.87 bits per heavy atom. The maximum Gasteiger partial charge on any atom is 0.243 e. The molecule has 0 spiro atoms. The van der Waals surface area contributed by atoms with Crippen LogP contribution in [0, 0.1) is 6.92 Å². The van der Waals surface area contributed by atoms with Crippen LogP contribution in [0.3, 0.4) is 0 Å². The van der Waals surface area contributed by atoms with Gasteiger partial charge in [-0.15, -0.1) is 0 Å². The predicted molar refractivity (Wildman–Crippen MR) is 146 cm³/mol. The van der Waals surface area contributed by atoms with Gasteiger partial charge in [0.25, 0.3) is 0 Å². The number of anilines is 1. The van der Waals surface area contributed by atoms with Crippen molar-refractivity contribution in [2.75, 3.05) is 12.4 Å². The van der Waals surface area contributed by atoms with Gasteiger partial charge in [-0.25, -0.2) is 18.1 Å². The molecule has 0 saturated heterocycles. The lowest BCUT2D eigenvalue weighted by atomic mass is 10.1. The van der Waals surface area contributed by atoms with Gasteiger partial charge in [0, 0.05) is 35.1 Å². The second-order valence-electron chi connectivity index (χ2n) is 8.30. The van der Waals surface area contributed by atoms with Gasteiger partial charge in [0.15, 0.2) is 0 Å². The van der Waals surface area contributed by atoms with Gasteiger partial charge in [-0.2, -0.15) is 0 Å². The van der Waals surface area contributed by atoms with Gasteiger partial charge < -0.3 is 18.9 Å². The van der Waals surface area contributed by atoms with Gasteiger partial charge in [-0.1, -0.05) is 35.9 Å². The summed E-state index contributed by atoms with van der Waals surface area (Å²) in [6.07, 6.45) is 3.26. The fraction of sp³-hybridized carbons (Fsp3) is 0.154. The zero-order chi connectivity index (χ0) is 27.3. The Hall–Kier alpha value is -3.57. The van der Waals surface area contributed by atoms with Crippen LogP contribution in [0.4, 0.5) is 5.69 Å². The van der Waals surface area contributed by atoms with E-state index < -0.39 is 10.0 Å². The molecular formula is C26H24Cl2N4O5S. The van der Waals surface area contributed by atoms with Gasteiger partial charge in [-0.05, 0) is 42.8 Å². The Labute approximate surface area is 230 Å². The fourth-order valence-corrected chi connectivity index (χ4v) is 5.29. The summed E-state index contributed by atoms with van der Waals surface area (Å²) >= 11 is 11.6. The van der Waals surface area contributed by atoms with Crippen molar-refractivity contribution in [1.29, 1.82) is 0 Å². The summed E-state index contributed by atoms with van der Waals surface area (Å²) in [4.78, 5) is 16.9. The Balaban J connectivity index is 1.63. The number of hydrogen-bond acceptors (Lipinski definition) is 6. The summed E-state index contributed by atoms with van der Waals surface area (Å²) in [5, 5.41) is 3.23. The number of sulfonamides is 1. The smallest absolute Gasteiger partial charge is 0.243 e. The number of aryl methyl sites for hydroxylation is 1. The quantitative estimate of drug-likeness (QED) is 0.274. The molecule has 0 aliphatic rings. The van der Waals surface area contributed by atoms with Gasteiger partial charge in [0.2, 0.25) is 15.9 Å². The number of hydrogen-bond donors (Lipinski definition) is 2. The minimum atomic E-state index is -4.08. The van der Waals surface area contributed by atoms with E-state index in [1.807, 2.05) is 0 Å². The summed E-state index contributed by atoms with van der Waals surface area (Å²) in [6.45, 7) is 1.73. The third-order valence-corrected chi connectivity index (χ3v) is 7.61. The highest BCUT2D eigenvalue weighted by molar-refractivity contribution is 7.89. The summed E-state index contributed by atoms with van der Waals surface area (Å²) < 4.78 is 41.3. The first kappa shape index (κ1) is 27.5. The number of nitrogens with one attached hydrogen (secondary N) is 2. The number of rotatable bonds is 10. The molecule has 9 nitrogen and oxygen atoms in total. The van der Waals surface area contributed by atoms with E-state index in [2.05, 4.69) is 19.3 Å². The molecule has 0 saturated carbocycles. The number of carbonyl (C=O) groups excluding carboxylic acids is 1. The van der Waals surface area contributed by atoms with Crippen molar-refractivity contribution in [3.63, 3.8) is 0 Å². The predicted octanol–water partition coefficient (Wildman–Crippen LogP) is 5.04. The molecule has 0 fully saturated rings. The average molecular weight is 575 g/mol. The zero-order valence-corrected chi connectivity index (χ0v) is 22.8. The standard InChI is InChI=1S/C26H24Cl2N4O5S/c1-17-15-32(16-29-17)23-10-8-20(31-26(33)11-18-5-3-4-6-22(18)27)12-25(23)38(34,35)30-14-19-7-9-21(37-28)13-24(19)36-2/h3-10,12-13,15-16,30H,11,14H2,1-2H3,(H,31,33). The molecule has 1 aromatic heterocycles. The number of imidazole rings is 1. The number of methoxy groups -OCH3 is 1. The van der Waals surface area contributed by atoms with E-state index in [9.17, 15) is 13.2 Å². The zero-order valence-electron chi connectivity index (χ0n) is 20.4. The minimum absolute atomic E-state index is 0.0320. The first-order valence-corrected chi connectivity index (χ1v) is 13.5. The lowest BCUT2D eigenvalue weighted by Gasteiger charge is -2.16. The molecule has 38 heavy (non-hydrogen) atoms. The lowest BCUT2D eigenvalue weighted by molar-refractivity contribution is -0.115. The number of benzene rings is 3. The van der Waals surface area contributed by atoms with E-state index >= 15 is 0 Å². The van der Waals surface area contributed by atoms with Crippen LogP contribution in [0.2, 0.25) is 5.02 Å². The monoisotopic (exact) mass is 574 g/mol. The molecule has 0 radical (unpaired) electrons. The van der Waals surface area contributed by atoms with Crippen LogP contribution in [0.25, 0.3) is 5.69 Å². The summed E-state index contributed by atoms with van der Waals surface area (Å²) in [7, 11) is -2.62. The normalized spacial score (nSPS) is 11.3. The number of nitrogens with zero attached hydrogens (tertiary/aromatic N) is 2. The number of aromatic nitrogens is 2. The van der Waals surface area contributed by atoms with Crippen LogP contribution in [0.15, 0.2) is 78.1 Å². The lowest BCUT2D eigenvalue weighted by Crippen LogP contribution is -2.25. The third-order valence-electron chi connectivity index (χ3n) is 5.63. The number of ether oxygens (including phenoxy) is 1. The van der Waals surface area contributed by atoms with Crippen molar-refractivity contribution in [3.05, 3.63) is 95.0 Å². The van der Waals surface area contributed by atoms with Crippen molar-refractivity contribution in [3.8, 4) is 17.2 Å². The van der Waals surface area contributed by atoms with E-state index in [4.69, 9.17) is 28.2 Å². The SMILES string of the molecule is COc1cc(OCl)ccc1CNS(=O)(=O)c1cc(NC(=O)Cc2ccccc2Cl)ccc1-n1cnc(C)c1. The van der Waals surface area contributed by atoms with Gasteiger partial charge in [0.05, 0.1) is 31.2 Å². The van der Waals surface area contributed by atoms with E-state index in [-0.39, 0.29) is 23.8 Å². The molecule has 12 heteroatoms. The molecule has 4 rings (SSSR count). The molecule has 0 atom stereocenters. The summed E-state index contributed by atoms with van der Waals surface area (Å²) in [6, 6.07) is 16.4. The first-order valence-electron chi connectivity index (χ1n) is 11.3. The van der Waals surface area contributed by atoms with Crippen molar-refractivity contribution < 1.29 is 22.2 Å². The first-order chi connectivity index (χ1) is 18.2. The third kappa shape index (κ3) is 6.46. The van der Waals surface area contributed by atoms with Crippen LogP contribution in [-0.2, 0) is 27.8 Å². The largest absolute Gasteiger partial charge is 0.496 e. The highest BCUT2D eigenvalue weighted by atomic mass is 35.5. The Kier molecular flexibility index (Phi) is 8.58. The topological polar surface area (TPSA) is 112 Å². The second-order valence-corrected chi connectivity index (χ2v) is 10.6.